The lowest BCUT2D eigenvalue weighted by Gasteiger charge is -2.44. The van der Waals surface area contributed by atoms with E-state index in [9.17, 15) is 0 Å². The van der Waals surface area contributed by atoms with Gasteiger partial charge in [0.25, 0.3) is 0 Å². The van der Waals surface area contributed by atoms with E-state index >= 15 is 0 Å². The summed E-state index contributed by atoms with van der Waals surface area (Å²) in [5.41, 5.74) is 9.36. The Labute approximate surface area is 197 Å². The standard InChI is InChI=1S/C27H33N3O2S/c1-22(28)27(13-18-31-19-14-27)33(2,3)26-11-9-25(10-12-26)32-17-5-7-23-6-4-8-24(20-23)30-16-15-29-21-30/h4,6,8-12,15-16,20-21H,1-3,5,7,13-14,17-19,28H2. The van der Waals surface area contributed by atoms with Crippen molar-refractivity contribution in [1.29, 1.82) is 0 Å². The molecule has 6 heteroatoms. The van der Waals surface area contributed by atoms with Crippen LogP contribution in [-0.4, -0.2) is 45.9 Å². The summed E-state index contributed by atoms with van der Waals surface area (Å²) in [7, 11) is -1.69. The van der Waals surface area contributed by atoms with Gasteiger partial charge in [-0.05, 0) is 72.5 Å². The SMILES string of the molecule is C=C(N)C1(S(=C)(=C)c2ccc(OCCCc3cccc(-n4ccnc4)c3)cc2)CCOCC1. The summed E-state index contributed by atoms with van der Waals surface area (Å²) >= 11 is 0. The van der Waals surface area contributed by atoms with Crippen LogP contribution < -0.4 is 10.5 Å². The Morgan fingerprint density at radius 1 is 1.15 bits per heavy atom. The molecule has 1 fully saturated rings. The number of nitrogens with zero attached hydrogens (tertiary/aromatic N) is 2. The van der Waals surface area contributed by atoms with Gasteiger partial charge in [-0.1, -0.05) is 30.5 Å². The molecule has 2 heterocycles. The molecule has 0 aliphatic carbocycles. The average molecular weight is 464 g/mol. The normalized spacial score (nSPS) is 15.8. The molecule has 2 N–H and O–H groups in total. The van der Waals surface area contributed by atoms with Gasteiger partial charge in [-0.3, -0.25) is 0 Å². The fourth-order valence-corrected chi connectivity index (χ4v) is 6.99. The Hall–Kier alpha value is -2.96. The molecule has 2 aromatic carbocycles. The first-order valence-corrected chi connectivity index (χ1v) is 13.2. The van der Waals surface area contributed by atoms with E-state index in [1.807, 2.05) is 29.2 Å². The zero-order chi connectivity index (χ0) is 23.3. The molecule has 1 aliphatic rings. The summed E-state index contributed by atoms with van der Waals surface area (Å²) in [6.07, 6.45) is 9.06. The Balaban J connectivity index is 1.35. The lowest BCUT2D eigenvalue weighted by molar-refractivity contribution is 0.0845. The molecule has 0 unspecified atom stereocenters. The van der Waals surface area contributed by atoms with Crippen molar-refractivity contribution < 1.29 is 9.47 Å². The van der Waals surface area contributed by atoms with E-state index in [0.29, 0.717) is 25.5 Å². The predicted octanol–water partition coefficient (Wildman–Crippen LogP) is 4.93. The number of nitrogens with two attached hydrogens (primary N) is 1. The van der Waals surface area contributed by atoms with E-state index in [2.05, 4.69) is 59.7 Å². The summed E-state index contributed by atoms with van der Waals surface area (Å²) in [6.45, 7) is 6.08. The van der Waals surface area contributed by atoms with Gasteiger partial charge in [-0.2, -0.15) is 9.21 Å². The third kappa shape index (κ3) is 4.87. The Bertz CT molecular complexity index is 1180. The van der Waals surface area contributed by atoms with E-state index < -0.39 is 9.21 Å². The highest BCUT2D eigenvalue weighted by Gasteiger charge is 2.39. The molecule has 0 saturated carbocycles. The Kier molecular flexibility index (Phi) is 6.96. The van der Waals surface area contributed by atoms with Crippen molar-refractivity contribution in [2.24, 2.45) is 5.73 Å². The lowest BCUT2D eigenvalue weighted by Crippen LogP contribution is -2.40. The van der Waals surface area contributed by atoms with E-state index in [-0.39, 0.29) is 4.75 Å². The van der Waals surface area contributed by atoms with Crippen LogP contribution in [0.2, 0.25) is 0 Å². The van der Waals surface area contributed by atoms with Gasteiger partial charge in [0.05, 0.1) is 17.7 Å². The van der Waals surface area contributed by atoms with Crippen LogP contribution in [0.3, 0.4) is 0 Å². The molecule has 0 radical (unpaired) electrons. The molecule has 0 amide bonds. The first kappa shape index (κ1) is 23.2. The van der Waals surface area contributed by atoms with Crippen LogP contribution in [0.25, 0.3) is 5.69 Å². The van der Waals surface area contributed by atoms with Gasteiger partial charge < -0.3 is 19.8 Å². The average Bonchev–Trinajstić information content (AvgIpc) is 3.38. The quantitative estimate of drug-likeness (QED) is 0.361. The van der Waals surface area contributed by atoms with Gasteiger partial charge in [-0.15, -0.1) is 0 Å². The van der Waals surface area contributed by atoms with E-state index in [0.717, 1.165) is 42.0 Å². The fraction of sp³-hybridized carbons (Fsp3) is 0.296. The number of aryl methyl sites for hydroxylation is 1. The van der Waals surface area contributed by atoms with Crippen LogP contribution in [0, 0.1) is 0 Å². The maximum atomic E-state index is 6.28. The summed E-state index contributed by atoms with van der Waals surface area (Å²) in [5.74, 6) is 9.96. The van der Waals surface area contributed by atoms with E-state index in [1.54, 1.807) is 6.20 Å². The van der Waals surface area contributed by atoms with Crippen molar-refractivity contribution >= 4 is 20.9 Å². The predicted molar refractivity (Wildman–Crippen MR) is 140 cm³/mol. The summed E-state index contributed by atoms with van der Waals surface area (Å²) in [4.78, 5) is 5.23. The van der Waals surface area contributed by atoms with Gasteiger partial charge in [-0.25, -0.2) is 4.98 Å². The monoisotopic (exact) mass is 463 g/mol. The number of ether oxygens (including phenoxy) is 2. The van der Waals surface area contributed by atoms with Crippen LogP contribution in [0.1, 0.15) is 24.8 Å². The largest absolute Gasteiger partial charge is 0.494 e. The number of hydrogen-bond acceptors (Lipinski definition) is 4. The first-order chi connectivity index (χ1) is 15.9. The van der Waals surface area contributed by atoms with Crippen LogP contribution in [-0.2, 0) is 11.2 Å². The van der Waals surface area contributed by atoms with Gasteiger partial charge in [0.2, 0.25) is 0 Å². The van der Waals surface area contributed by atoms with Crippen LogP contribution in [0.5, 0.6) is 5.75 Å². The zero-order valence-corrected chi connectivity index (χ0v) is 19.9. The minimum Gasteiger partial charge on any atom is -0.494 e. The molecular weight excluding hydrogens is 430 g/mol. The zero-order valence-electron chi connectivity index (χ0n) is 19.1. The molecule has 0 atom stereocenters. The van der Waals surface area contributed by atoms with Crippen molar-refractivity contribution in [3.05, 3.63) is 85.1 Å². The maximum Gasteiger partial charge on any atom is 0.119 e. The number of hydrogen-bond donors (Lipinski definition) is 1. The molecule has 0 spiro atoms. The maximum absolute atomic E-state index is 6.28. The summed E-state index contributed by atoms with van der Waals surface area (Å²) in [6, 6.07) is 16.7. The Morgan fingerprint density at radius 2 is 1.91 bits per heavy atom. The lowest BCUT2D eigenvalue weighted by atomic mass is 9.96. The molecule has 1 aliphatic heterocycles. The van der Waals surface area contributed by atoms with E-state index in [4.69, 9.17) is 15.2 Å². The van der Waals surface area contributed by atoms with Crippen LogP contribution in [0.15, 0.2) is 84.4 Å². The second-order valence-electron chi connectivity index (χ2n) is 8.58. The number of benzene rings is 2. The molecule has 1 saturated heterocycles. The number of rotatable bonds is 9. The third-order valence-electron chi connectivity index (χ3n) is 6.50. The molecule has 5 nitrogen and oxygen atoms in total. The van der Waals surface area contributed by atoms with Gasteiger partial charge in [0, 0.05) is 37.0 Å². The summed E-state index contributed by atoms with van der Waals surface area (Å²) in [5, 5.41) is 0. The molecular formula is C27H33N3O2S. The first-order valence-electron chi connectivity index (χ1n) is 11.2. The number of imidazole rings is 1. The highest BCUT2D eigenvalue weighted by molar-refractivity contribution is 8.29. The number of aromatic nitrogens is 2. The van der Waals surface area contributed by atoms with Crippen LogP contribution in [0.4, 0.5) is 0 Å². The van der Waals surface area contributed by atoms with Gasteiger partial charge in [0.1, 0.15) is 5.75 Å². The van der Waals surface area contributed by atoms with Crippen molar-refractivity contribution in [2.45, 2.75) is 35.3 Å². The Morgan fingerprint density at radius 3 is 2.58 bits per heavy atom. The summed E-state index contributed by atoms with van der Waals surface area (Å²) < 4.78 is 13.3. The van der Waals surface area contributed by atoms with Crippen molar-refractivity contribution in [3.63, 3.8) is 0 Å². The van der Waals surface area contributed by atoms with Crippen molar-refractivity contribution in [2.75, 3.05) is 19.8 Å². The second-order valence-corrected chi connectivity index (χ2v) is 11.6. The van der Waals surface area contributed by atoms with Crippen LogP contribution >= 0.6 is 9.21 Å². The second kappa shape index (κ2) is 9.89. The fourth-order valence-electron chi connectivity index (χ4n) is 4.44. The van der Waals surface area contributed by atoms with E-state index in [1.165, 1.54) is 5.56 Å². The molecule has 4 rings (SSSR count). The molecule has 174 valence electrons. The molecule has 3 aromatic rings. The topological polar surface area (TPSA) is 62.3 Å². The van der Waals surface area contributed by atoms with Crippen molar-refractivity contribution in [1.82, 2.24) is 9.55 Å². The minimum absolute atomic E-state index is 0.293. The molecule has 33 heavy (non-hydrogen) atoms. The minimum atomic E-state index is -1.69. The highest BCUT2D eigenvalue weighted by Crippen LogP contribution is 2.53. The smallest absolute Gasteiger partial charge is 0.119 e. The van der Waals surface area contributed by atoms with Gasteiger partial charge in [0.15, 0.2) is 0 Å². The third-order valence-corrected chi connectivity index (χ3v) is 9.84. The molecule has 0 bridgehead atoms. The van der Waals surface area contributed by atoms with Gasteiger partial charge >= 0.3 is 0 Å². The highest BCUT2D eigenvalue weighted by atomic mass is 32.2. The van der Waals surface area contributed by atoms with Crippen molar-refractivity contribution in [3.8, 4) is 11.4 Å². The molecule has 1 aromatic heterocycles.